The highest BCUT2D eigenvalue weighted by molar-refractivity contribution is 5.50. The zero-order valence-corrected chi connectivity index (χ0v) is 14.0. The fourth-order valence-corrected chi connectivity index (χ4v) is 2.95. The van der Waals surface area contributed by atoms with Crippen molar-refractivity contribution in [2.45, 2.75) is 5.92 Å². The van der Waals surface area contributed by atoms with Crippen molar-refractivity contribution in [3.8, 4) is 11.5 Å². The van der Waals surface area contributed by atoms with Gasteiger partial charge in [-0.05, 0) is 41.0 Å². The van der Waals surface area contributed by atoms with Gasteiger partial charge in [0.05, 0.1) is 14.2 Å². The lowest BCUT2D eigenvalue weighted by Crippen LogP contribution is -2.05. The molecule has 128 valence electrons. The second-order valence-electron chi connectivity index (χ2n) is 5.63. The minimum absolute atomic E-state index is 0.254. The van der Waals surface area contributed by atoms with Gasteiger partial charge in [-0.1, -0.05) is 42.5 Å². The largest absolute Gasteiger partial charge is 0.493 e. The first-order valence-corrected chi connectivity index (χ1v) is 7.86. The summed E-state index contributed by atoms with van der Waals surface area (Å²) in [6, 6.07) is 19.2. The number of ether oxygens (including phenoxy) is 2. The predicted molar refractivity (Wildman–Crippen MR) is 93.3 cm³/mol. The van der Waals surface area contributed by atoms with Gasteiger partial charge in [0.15, 0.2) is 23.1 Å². The number of rotatable bonds is 5. The first-order valence-electron chi connectivity index (χ1n) is 7.86. The molecule has 0 aliphatic heterocycles. The van der Waals surface area contributed by atoms with Crippen molar-refractivity contribution in [2.75, 3.05) is 14.2 Å². The van der Waals surface area contributed by atoms with Gasteiger partial charge in [0.1, 0.15) is 0 Å². The molecule has 0 saturated carbocycles. The lowest BCUT2D eigenvalue weighted by Gasteiger charge is -2.20. The number of halogens is 2. The molecule has 0 bridgehead atoms. The highest BCUT2D eigenvalue weighted by Gasteiger charge is 2.20. The third-order valence-corrected chi connectivity index (χ3v) is 4.15. The Morgan fingerprint density at radius 3 is 1.92 bits per heavy atom. The van der Waals surface area contributed by atoms with Crippen molar-refractivity contribution in [3.63, 3.8) is 0 Å². The molecule has 4 heteroatoms. The molecular weight excluding hydrogens is 322 g/mol. The monoisotopic (exact) mass is 340 g/mol. The van der Waals surface area contributed by atoms with Crippen LogP contribution in [0.3, 0.4) is 0 Å². The molecule has 0 amide bonds. The summed E-state index contributed by atoms with van der Waals surface area (Å²) in [5.74, 6) is -0.773. The molecule has 3 aromatic rings. The van der Waals surface area contributed by atoms with E-state index in [9.17, 15) is 8.78 Å². The summed E-state index contributed by atoms with van der Waals surface area (Å²) >= 11 is 0. The molecule has 2 nitrogen and oxygen atoms in total. The van der Waals surface area contributed by atoms with Crippen LogP contribution in [-0.2, 0) is 0 Å². The van der Waals surface area contributed by atoms with Crippen molar-refractivity contribution < 1.29 is 18.3 Å². The van der Waals surface area contributed by atoms with Gasteiger partial charge in [-0.25, -0.2) is 8.78 Å². The molecule has 25 heavy (non-hydrogen) atoms. The average molecular weight is 340 g/mol. The summed E-state index contributed by atoms with van der Waals surface area (Å²) in [6.07, 6.45) is 0. The molecule has 0 unspecified atom stereocenters. The molecule has 0 fully saturated rings. The van der Waals surface area contributed by atoms with E-state index in [1.54, 1.807) is 20.3 Å². The van der Waals surface area contributed by atoms with Crippen LogP contribution in [0.1, 0.15) is 22.6 Å². The molecule has 0 aliphatic rings. The van der Waals surface area contributed by atoms with E-state index in [1.807, 2.05) is 48.5 Å². The van der Waals surface area contributed by atoms with Crippen LogP contribution in [0.15, 0.2) is 66.7 Å². The van der Waals surface area contributed by atoms with Crippen molar-refractivity contribution in [2.24, 2.45) is 0 Å². The van der Waals surface area contributed by atoms with Gasteiger partial charge in [-0.2, -0.15) is 0 Å². The van der Waals surface area contributed by atoms with Crippen molar-refractivity contribution >= 4 is 0 Å². The number of benzene rings is 3. The Morgan fingerprint density at radius 2 is 1.28 bits per heavy atom. The summed E-state index contributed by atoms with van der Waals surface area (Å²) < 4.78 is 37.9. The molecule has 0 saturated heterocycles. The van der Waals surface area contributed by atoms with E-state index in [1.165, 1.54) is 6.07 Å². The predicted octanol–water partition coefficient (Wildman–Crippen LogP) is 5.16. The molecule has 3 aromatic carbocycles. The summed E-state index contributed by atoms with van der Waals surface area (Å²) in [5, 5.41) is 0. The van der Waals surface area contributed by atoms with E-state index in [0.717, 1.165) is 17.2 Å². The minimum Gasteiger partial charge on any atom is -0.493 e. The van der Waals surface area contributed by atoms with Crippen LogP contribution >= 0.6 is 0 Å². The van der Waals surface area contributed by atoms with Gasteiger partial charge < -0.3 is 9.47 Å². The summed E-state index contributed by atoms with van der Waals surface area (Å²) in [7, 11) is 3.14. The maximum absolute atomic E-state index is 13.8. The van der Waals surface area contributed by atoms with Gasteiger partial charge in [0.2, 0.25) is 0 Å². The normalized spacial score (nSPS) is 11.8. The first kappa shape index (κ1) is 17.0. The Kier molecular flexibility index (Phi) is 4.98. The molecule has 0 aliphatic carbocycles. The van der Waals surface area contributed by atoms with Crippen LogP contribution in [0.2, 0.25) is 0 Å². The lowest BCUT2D eigenvalue weighted by atomic mass is 9.85. The van der Waals surface area contributed by atoms with Gasteiger partial charge in [0, 0.05) is 5.92 Å². The maximum atomic E-state index is 13.8. The second-order valence-corrected chi connectivity index (χ2v) is 5.63. The SMILES string of the molecule is COc1ccc([C@H](c2ccccc2)c2ccc(F)c(F)c2)cc1OC. The Bertz CT molecular complexity index is 863. The van der Waals surface area contributed by atoms with E-state index in [2.05, 4.69) is 0 Å². The summed E-state index contributed by atoms with van der Waals surface area (Å²) in [5.41, 5.74) is 2.54. The zero-order chi connectivity index (χ0) is 17.8. The molecule has 0 radical (unpaired) electrons. The van der Waals surface area contributed by atoms with Crippen LogP contribution in [0.25, 0.3) is 0 Å². The second kappa shape index (κ2) is 7.34. The van der Waals surface area contributed by atoms with E-state index in [4.69, 9.17) is 9.47 Å². The Labute approximate surface area is 145 Å². The summed E-state index contributed by atoms with van der Waals surface area (Å²) in [4.78, 5) is 0. The number of hydrogen-bond donors (Lipinski definition) is 0. The van der Waals surface area contributed by atoms with Crippen LogP contribution < -0.4 is 9.47 Å². The molecule has 0 aromatic heterocycles. The van der Waals surface area contributed by atoms with Gasteiger partial charge in [0.25, 0.3) is 0 Å². The highest BCUT2D eigenvalue weighted by atomic mass is 19.2. The van der Waals surface area contributed by atoms with E-state index in [-0.39, 0.29) is 5.92 Å². The van der Waals surface area contributed by atoms with E-state index >= 15 is 0 Å². The quantitative estimate of drug-likeness (QED) is 0.597. The molecule has 0 N–H and O–H groups in total. The summed E-state index contributed by atoms with van der Waals surface area (Å²) in [6.45, 7) is 0. The first-order chi connectivity index (χ1) is 12.1. The number of methoxy groups -OCH3 is 2. The topological polar surface area (TPSA) is 18.5 Å². The fourth-order valence-electron chi connectivity index (χ4n) is 2.95. The Balaban J connectivity index is 2.16. The molecule has 1 atom stereocenters. The molecular formula is C21H18F2O2. The molecule has 0 heterocycles. The van der Waals surface area contributed by atoms with Crippen LogP contribution in [0, 0.1) is 11.6 Å². The van der Waals surface area contributed by atoms with Crippen LogP contribution in [-0.4, -0.2) is 14.2 Å². The van der Waals surface area contributed by atoms with Gasteiger partial charge in [-0.3, -0.25) is 0 Å². The van der Waals surface area contributed by atoms with E-state index < -0.39 is 11.6 Å². The van der Waals surface area contributed by atoms with Crippen LogP contribution in [0.4, 0.5) is 8.78 Å². The zero-order valence-electron chi connectivity index (χ0n) is 14.0. The third-order valence-electron chi connectivity index (χ3n) is 4.15. The standard InChI is InChI=1S/C21H18F2O2/c1-24-19-11-9-16(13-20(19)25-2)21(14-6-4-3-5-7-14)15-8-10-17(22)18(23)12-15/h3-13,21H,1-2H3/t21-/m1/s1. The van der Waals surface area contributed by atoms with Gasteiger partial charge >= 0.3 is 0 Å². The van der Waals surface area contributed by atoms with Crippen molar-refractivity contribution in [1.82, 2.24) is 0 Å². The third kappa shape index (κ3) is 3.48. The molecule has 3 rings (SSSR count). The Hall–Kier alpha value is -2.88. The lowest BCUT2D eigenvalue weighted by molar-refractivity contribution is 0.354. The minimum atomic E-state index is -0.862. The van der Waals surface area contributed by atoms with Crippen LogP contribution in [0.5, 0.6) is 11.5 Å². The smallest absolute Gasteiger partial charge is 0.161 e. The average Bonchev–Trinajstić information content (AvgIpc) is 2.65. The number of hydrogen-bond acceptors (Lipinski definition) is 2. The highest BCUT2D eigenvalue weighted by Crippen LogP contribution is 2.37. The van der Waals surface area contributed by atoms with Crippen molar-refractivity contribution in [3.05, 3.63) is 95.1 Å². The maximum Gasteiger partial charge on any atom is 0.161 e. The molecule has 0 spiro atoms. The Morgan fingerprint density at radius 1 is 0.640 bits per heavy atom. The van der Waals surface area contributed by atoms with Gasteiger partial charge in [-0.15, -0.1) is 0 Å². The fraction of sp³-hybridized carbons (Fsp3) is 0.143. The van der Waals surface area contributed by atoms with E-state index in [0.29, 0.717) is 17.1 Å². The van der Waals surface area contributed by atoms with Crippen molar-refractivity contribution in [1.29, 1.82) is 0 Å².